The molecule has 1 aromatic heterocycles. The summed E-state index contributed by atoms with van der Waals surface area (Å²) in [6, 6.07) is 22.1. The van der Waals surface area contributed by atoms with Gasteiger partial charge in [0.15, 0.2) is 0 Å². The largest absolute Gasteiger partial charge is 0.323 e. The lowest BCUT2D eigenvalue weighted by Crippen LogP contribution is -2.07. The zero-order chi connectivity index (χ0) is 16.1. The maximum atomic E-state index is 12.0. The van der Waals surface area contributed by atoms with E-state index in [1.165, 1.54) is 16.0 Å². The molecule has 114 valence electrons. The van der Waals surface area contributed by atoms with E-state index in [-0.39, 0.29) is 5.91 Å². The fourth-order valence-electron chi connectivity index (χ4n) is 2.18. The maximum Gasteiger partial charge on any atom is 0.248 e. The lowest BCUT2D eigenvalue weighted by molar-refractivity contribution is -0.111. The monoisotopic (exact) mass is 319 g/mol. The van der Waals surface area contributed by atoms with Gasteiger partial charge in [-0.1, -0.05) is 48.0 Å². The molecular formula is C20H17NOS. The van der Waals surface area contributed by atoms with Crippen molar-refractivity contribution in [2.45, 2.75) is 6.92 Å². The van der Waals surface area contributed by atoms with Gasteiger partial charge in [0.05, 0.1) is 0 Å². The summed E-state index contributed by atoms with van der Waals surface area (Å²) in [4.78, 5) is 14.2. The van der Waals surface area contributed by atoms with Crippen LogP contribution in [0.25, 0.3) is 16.5 Å². The molecule has 0 saturated carbocycles. The summed E-state index contributed by atoms with van der Waals surface area (Å²) in [5.41, 5.74) is 3.17. The highest BCUT2D eigenvalue weighted by Crippen LogP contribution is 2.28. The molecule has 0 unspecified atom stereocenters. The molecule has 3 heteroatoms. The van der Waals surface area contributed by atoms with E-state index in [1.807, 2.05) is 61.5 Å². The van der Waals surface area contributed by atoms with Gasteiger partial charge in [-0.2, -0.15) is 0 Å². The van der Waals surface area contributed by atoms with Gasteiger partial charge in [0.1, 0.15) is 0 Å². The topological polar surface area (TPSA) is 29.1 Å². The van der Waals surface area contributed by atoms with Crippen molar-refractivity contribution in [2.24, 2.45) is 0 Å². The predicted octanol–water partition coefficient (Wildman–Crippen LogP) is 5.38. The number of thiophene rings is 1. The fraction of sp³-hybridized carbons (Fsp3) is 0.0500. The van der Waals surface area contributed by atoms with Gasteiger partial charge >= 0.3 is 0 Å². The normalized spacial score (nSPS) is 10.8. The summed E-state index contributed by atoms with van der Waals surface area (Å²) >= 11 is 1.67. The minimum absolute atomic E-state index is 0.122. The first-order valence-corrected chi connectivity index (χ1v) is 8.23. The summed E-state index contributed by atoms with van der Waals surface area (Å²) in [5, 5.41) is 2.86. The van der Waals surface area contributed by atoms with E-state index in [0.29, 0.717) is 0 Å². The van der Waals surface area contributed by atoms with Crippen molar-refractivity contribution in [1.29, 1.82) is 0 Å². The molecule has 2 nitrogen and oxygen atoms in total. The van der Waals surface area contributed by atoms with Crippen molar-refractivity contribution in [3.63, 3.8) is 0 Å². The molecule has 0 aliphatic carbocycles. The average molecular weight is 319 g/mol. The van der Waals surface area contributed by atoms with E-state index >= 15 is 0 Å². The summed E-state index contributed by atoms with van der Waals surface area (Å²) < 4.78 is 0. The molecular weight excluding hydrogens is 302 g/mol. The van der Waals surface area contributed by atoms with Gasteiger partial charge in [-0.15, -0.1) is 11.3 Å². The molecule has 3 aromatic rings. The smallest absolute Gasteiger partial charge is 0.248 e. The number of aryl methyl sites for hydroxylation is 1. The Morgan fingerprint density at radius 1 is 0.957 bits per heavy atom. The molecule has 0 bridgehead atoms. The molecule has 0 aliphatic heterocycles. The second-order valence-corrected chi connectivity index (χ2v) is 6.37. The Morgan fingerprint density at radius 3 is 2.43 bits per heavy atom. The van der Waals surface area contributed by atoms with E-state index in [9.17, 15) is 4.79 Å². The van der Waals surface area contributed by atoms with Gasteiger partial charge < -0.3 is 5.32 Å². The molecule has 1 N–H and O–H groups in total. The summed E-state index contributed by atoms with van der Waals surface area (Å²) in [6.45, 7) is 2.02. The third-order valence-corrected chi connectivity index (χ3v) is 4.50. The van der Waals surface area contributed by atoms with Crippen LogP contribution in [0, 0.1) is 6.92 Å². The summed E-state index contributed by atoms with van der Waals surface area (Å²) in [6.07, 6.45) is 3.42. The Balaban J connectivity index is 1.65. The van der Waals surface area contributed by atoms with Gasteiger partial charge in [0.25, 0.3) is 0 Å². The van der Waals surface area contributed by atoms with Gasteiger partial charge in [0, 0.05) is 21.5 Å². The Bertz CT molecular complexity index is 816. The molecule has 1 amide bonds. The average Bonchev–Trinajstić information content (AvgIpc) is 3.05. The van der Waals surface area contributed by atoms with Crippen molar-refractivity contribution < 1.29 is 4.79 Å². The van der Waals surface area contributed by atoms with Crippen LogP contribution in [0.3, 0.4) is 0 Å². The van der Waals surface area contributed by atoms with Crippen molar-refractivity contribution in [3.05, 3.63) is 83.2 Å². The third kappa shape index (κ3) is 4.18. The van der Waals surface area contributed by atoms with Crippen LogP contribution in [0.2, 0.25) is 0 Å². The number of rotatable bonds is 4. The number of amides is 1. The van der Waals surface area contributed by atoms with Gasteiger partial charge in [-0.05, 0) is 42.8 Å². The maximum absolute atomic E-state index is 12.0. The van der Waals surface area contributed by atoms with Gasteiger partial charge in [-0.3, -0.25) is 4.79 Å². The van der Waals surface area contributed by atoms with Crippen molar-refractivity contribution in [1.82, 2.24) is 0 Å². The standard InChI is InChI=1S/C20H17NOS/c1-15-7-9-17(10-8-15)21-20(22)14-12-18-11-13-19(23-18)16-5-3-2-4-6-16/h2-14H,1H3,(H,21,22)/b14-12+. The Hall–Kier alpha value is -2.65. The van der Waals surface area contributed by atoms with Crippen LogP contribution in [-0.2, 0) is 4.79 Å². The van der Waals surface area contributed by atoms with Crippen molar-refractivity contribution in [3.8, 4) is 10.4 Å². The van der Waals surface area contributed by atoms with Crippen LogP contribution in [0.5, 0.6) is 0 Å². The van der Waals surface area contributed by atoms with E-state index in [0.717, 1.165) is 10.6 Å². The molecule has 2 aromatic carbocycles. The number of hydrogen-bond donors (Lipinski definition) is 1. The van der Waals surface area contributed by atoms with Crippen LogP contribution in [0.1, 0.15) is 10.4 Å². The molecule has 0 atom stereocenters. The Labute approximate surface area is 140 Å². The molecule has 3 rings (SSSR count). The van der Waals surface area contributed by atoms with Crippen LogP contribution < -0.4 is 5.32 Å². The molecule has 0 saturated heterocycles. The second-order valence-electron chi connectivity index (χ2n) is 5.26. The number of benzene rings is 2. The zero-order valence-corrected chi connectivity index (χ0v) is 13.6. The fourth-order valence-corrected chi connectivity index (χ4v) is 3.09. The number of hydrogen-bond acceptors (Lipinski definition) is 2. The van der Waals surface area contributed by atoms with Gasteiger partial charge in [-0.25, -0.2) is 0 Å². The molecule has 1 heterocycles. The first kappa shape index (κ1) is 15.3. The minimum atomic E-state index is -0.122. The van der Waals surface area contributed by atoms with E-state index in [1.54, 1.807) is 17.4 Å². The highest BCUT2D eigenvalue weighted by Gasteiger charge is 2.01. The van der Waals surface area contributed by atoms with Crippen LogP contribution in [-0.4, -0.2) is 5.91 Å². The highest BCUT2D eigenvalue weighted by atomic mass is 32.1. The lowest BCUT2D eigenvalue weighted by atomic mass is 10.2. The summed E-state index contributed by atoms with van der Waals surface area (Å²) in [7, 11) is 0. The first-order valence-electron chi connectivity index (χ1n) is 7.42. The van der Waals surface area contributed by atoms with Crippen molar-refractivity contribution >= 4 is 29.0 Å². The number of carbonyl (C=O) groups excluding carboxylic acids is 1. The van der Waals surface area contributed by atoms with Gasteiger partial charge in [0.2, 0.25) is 5.91 Å². The molecule has 0 radical (unpaired) electrons. The molecule has 0 fully saturated rings. The molecule has 0 spiro atoms. The SMILES string of the molecule is Cc1ccc(NC(=O)/C=C/c2ccc(-c3ccccc3)s2)cc1. The molecule has 0 aliphatic rings. The minimum Gasteiger partial charge on any atom is -0.323 e. The second kappa shape index (κ2) is 7.07. The number of nitrogens with one attached hydrogen (secondary N) is 1. The van der Waals surface area contributed by atoms with E-state index < -0.39 is 0 Å². The Kier molecular flexibility index (Phi) is 4.69. The Morgan fingerprint density at radius 2 is 1.70 bits per heavy atom. The third-order valence-electron chi connectivity index (χ3n) is 3.40. The number of anilines is 1. The van der Waals surface area contributed by atoms with Crippen LogP contribution in [0.15, 0.2) is 72.8 Å². The van der Waals surface area contributed by atoms with Crippen LogP contribution >= 0.6 is 11.3 Å². The summed E-state index contributed by atoms with van der Waals surface area (Å²) in [5.74, 6) is -0.122. The molecule has 23 heavy (non-hydrogen) atoms. The lowest BCUT2D eigenvalue weighted by Gasteiger charge is -2.01. The van der Waals surface area contributed by atoms with E-state index in [2.05, 4.69) is 23.5 Å². The van der Waals surface area contributed by atoms with Crippen molar-refractivity contribution in [2.75, 3.05) is 5.32 Å². The van der Waals surface area contributed by atoms with Crippen LogP contribution in [0.4, 0.5) is 5.69 Å². The zero-order valence-electron chi connectivity index (χ0n) is 12.8. The first-order chi connectivity index (χ1) is 11.2. The highest BCUT2D eigenvalue weighted by molar-refractivity contribution is 7.16. The van der Waals surface area contributed by atoms with E-state index in [4.69, 9.17) is 0 Å². The quantitative estimate of drug-likeness (QED) is 0.643. The number of carbonyl (C=O) groups is 1. The predicted molar refractivity (Wildman–Crippen MR) is 98.6 cm³/mol.